The van der Waals surface area contributed by atoms with Gasteiger partial charge in [-0.05, 0) is 13.8 Å². The SMILES string of the molecule is CCC(=O)C(NC(C)C)C(C)(C)S. The van der Waals surface area contributed by atoms with E-state index < -0.39 is 0 Å². The molecule has 0 amide bonds. The molecule has 0 aliphatic carbocycles. The predicted octanol–water partition coefficient (Wildman–Crippen LogP) is 2.04. The third kappa shape index (κ3) is 4.67. The van der Waals surface area contributed by atoms with Crippen LogP contribution >= 0.6 is 12.6 Å². The summed E-state index contributed by atoms with van der Waals surface area (Å²) in [6, 6.07) is 0.160. The number of carbonyl (C=O) groups is 1. The molecule has 0 heterocycles. The molecule has 0 aromatic rings. The van der Waals surface area contributed by atoms with Crippen molar-refractivity contribution in [3.05, 3.63) is 0 Å². The number of Topliss-reactive ketones (excluding diaryl/α,β-unsaturated/α-hetero) is 1. The molecule has 0 aliphatic rings. The first-order valence-electron chi connectivity index (χ1n) is 4.80. The van der Waals surface area contributed by atoms with Crippen molar-refractivity contribution >= 4 is 18.4 Å². The minimum Gasteiger partial charge on any atom is -0.304 e. The molecule has 2 nitrogen and oxygen atoms in total. The quantitative estimate of drug-likeness (QED) is 0.670. The molecule has 1 unspecified atom stereocenters. The van der Waals surface area contributed by atoms with Gasteiger partial charge < -0.3 is 5.32 Å². The molecule has 0 aromatic carbocycles. The van der Waals surface area contributed by atoms with E-state index in [-0.39, 0.29) is 16.6 Å². The van der Waals surface area contributed by atoms with Gasteiger partial charge in [-0.25, -0.2) is 0 Å². The van der Waals surface area contributed by atoms with Gasteiger partial charge in [0.15, 0.2) is 5.78 Å². The number of nitrogens with one attached hydrogen (secondary N) is 1. The average Bonchev–Trinajstić information content (AvgIpc) is 1.96. The van der Waals surface area contributed by atoms with Crippen LogP contribution in [0.1, 0.15) is 41.0 Å². The van der Waals surface area contributed by atoms with E-state index in [0.717, 1.165) is 0 Å². The third-order valence-corrected chi connectivity index (χ3v) is 2.14. The molecule has 3 heteroatoms. The second-order valence-corrected chi connectivity index (χ2v) is 5.38. The molecule has 0 saturated heterocycles. The minimum absolute atomic E-state index is 0.152. The lowest BCUT2D eigenvalue weighted by molar-refractivity contribution is -0.121. The van der Waals surface area contributed by atoms with Gasteiger partial charge in [-0.3, -0.25) is 4.79 Å². The van der Waals surface area contributed by atoms with Crippen LogP contribution < -0.4 is 5.32 Å². The van der Waals surface area contributed by atoms with Gasteiger partial charge in [-0.2, -0.15) is 12.6 Å². The van der Waals surface area contributed by atoms with E-state index in [1.54, 1.807) is 0 Å². The van der Waals surface area contributed by atoms with Gasteiger partial charge in [-0.15, -0.1) is 0 Å². The van der Waals surface area contributed by atoms with Crippen molar-refractivity contribution in [1.82, 2.24) is 5.32 Å². The molecule has 78 valence electrons. The molecule has 1 N–H and O–H groups in total. The van der Waals surface area contributed by atoms with Crippen molar-refractivity contribution < 1.29 is 4.79 Å². The van der Waals surface area contributed by atoms with E-state index in [0.29, 0.717) is 12.5 Å². The van der Waals surface area contributed by atoms with Crippen molar-refractivity contribution in [3.63, 3.8) is 0 Å². The van der Waals surface area contributed by atoms with Gasteiger partial charge in [0, 0.05) is 17.2 Å². The zero-order valence-electron chi connectivity index (χ0n) is 9.22. The van der Waals surface area contributed by atoms with Gasteiger partial charge in [0.2, 0.25) is 0 Å². The summed E-state index contributed by atoms with van der Waals surface area (Å²) >= 11 is 4.43. The lowest BCUT2D eigenvalue weighted by Crippen LogP contribution is -2.51. The second kappa shape index (κ2) is 5.01. The summed E-state index contributed by atoms with van der Waals surface area (Å²) in [4.78, 5) is 11.6. The van der Waals surface area contributed by atoms with E-state index in [1.807, 2.05) is 34.6 Å². The predicted molar refractivity (Wildman–Crippen MR) is 60.4 cm³/mol. The van der Waals surface area contributed by atoms with Crippen LogP contribution in [-0.4, -0.2) is 22.6 Å². The summed E-state index contributed by atoms with van der Waals surface area (Å²) in [5, 5.41) is 3.24. The van der Waals surface area contributed by atoms with Crippen LogP contribution in [-0.2, 0) is 4.79 Å². The molecular formula is C10H21NOS. The maximum absolute atomic E-state index is 11.6. The van der Waals surface area contributed by atoms with Crippen molar-refractivity contribution in [1.29, 1.82) is 0 Å². The van der Waals surface area contributed by atoms with Gasteiger partial charge in [0.05, 0.1) is 6.04 Å². The second-order valence-electron chi connectivity index (χ2n) is 4.23. The molecule has 0 radical (unpaired) electrons. The number of ketones is 1. The molecular weight excluding hydrogens is 182 g/mol. The van der Waals surface area contributed by atoms with E-state index in [9.17, 15) is 4.79 Å². The smallest absolute Gasteiger partial charge is 0.150 e. The first-order valence-corrected chi connectivity index (χ1v) is 5.25. The van der Waals surface area contributed by atoms with E-state index >= 15 is 0 Å². The molecule has 0 aliphatic heterocycles. The molecule has 1 atom stereocenters. The van der Waals surface area contributed by atoms with Crippen LogP contribution in [0.3, 0.4) is 0 Å². The van der Waals surface area contributed by atoms with Gasteiger partial charge >= 0.3 is 0 Å². The molecule has 13 heavy (non-hydrogen) atoms. The highest BCUT2D eigenvalue weighted by Gasteiger charge is 2.30. The Morgan fingerprint density at radius 2 is 1.92 bits per heavy atom. The normalized spacial score (nSPS) is 14.7. The highest BCUT2D eigenvalue weighted by Crippen LogP contribution is 2.19. The standard InChI is InChI=1S/C10H21NOS/c1-6-8(12)9(10(4,5)13)11-7(2)3/h7,9,11,13H,6H2,1-5H3. The van der Waals surface area contributed by atoms with Crippen molar-refractivity contribution in [2.75, 3.05) is 0 Å². The minimum atomic E-state index is -0.294. The topological polar surface area (TPSA) is 29.1 Å². The molecule has 0 bridgehead atoms. The Balaban J connectivity index is 4.47. The Morgan fingerprint density at radius 1 is 1.46 bits per heavy atom. The van der Waals surface area contributed by atoms with Crippen LogP contribution in [0.2, 0.25) is 0 Å². The average molecular weight is 203 g/mol. The van der Waals surface area contributed by atoms with Crippen molar-refractivity contribution in [2.24, 2.45) is 0 Å². The Morgan fingerprint density at radius 3 is 2.15 bits per heavy atom. The zero-order chi connectivity index (χ0) is 10.6. The summed E-state index contributed by atoms with van der Waals surface area (Å²) < 4.78 is -0.294. The van der Waals surface area contributed by atoms with Crippen LogP contribution in [0.25, 0.3) is 0 Å². The Labute approximate surface area is 86.9 Å². The van der Waals surface area contributed by atoms with Crippen LogP contribution in [0, 0.1) is 0 Å². The Hall–Kier alpha value is -0.0200. The van der Waals surface area contributed by atoms with Crippen molar-refractivity contribution in [3.8, 4) is 0 Å². The fourth-order valence-corrected chi connectivity index (χ4v) is 1.45. The summed E-state index contributed by atoms with van der Waals surface area (Å²) in [6.45, 7) is 9.88. The van der Waals surface area contributed by atoms with Crippen LogP contribution in [0.4, 0.5) is 0 Å². The van der Waals surface area contributed by atoms with Crippen molar-refractivity contribution in [2.45, 2.75) is 57.9 Å². The molecule has 0 spiro atoms. The van der Waals surface area contributed by atoms with Gasteiger partial charge in [0.1, 0.15) is 0 Å². The Bertz CT molecular complexity index is 172. The molecule has 0 rings (SSSR count). The fraction of sp³-hybridized carbons (Fsp3) is 0.900. The maximum Gasteiger partial charge on any atom is 0.150 e. The maximum atomic E-state index is 11.6. The number of hydrogen-bond acceptors (Lipinski definition) is 3. The van der Waals surface area contributed by atoms with E-state index in [1.165, 1.54) is 0 Å². The number of carbonyl (C=O) groups excluding carboxylic acids is 1. The first-order chi connectivity index (χ1) is 5.79. The Kier molecular flexibility index (Phi) is 5.00. The van der Waals surface area contributed by atoms with Crippen LogP contribution in [0.15, 0.2) is 0 Å². The number of thiol groups is 1. The molecule has 0 saturated carbocycles. The number of rotatable bonds is 5. The molecule has 0 fully saturated rings. The van der Waals surface area contributed by atoms with E-state index in [2.05, 4.69) is 17.9 Å². The molecule has 0 aromatic heterocycles. The zero-order valence-corrected chi connectivity index (χ0v) is 10.1. The lowest BCUT2D eigenvalue weighted by atomic mass is 9.96. The van der Waals surface area contributed by atoms with Crippen LogP contribution in [0.5, 0.6) is 0 Å². The first kappa shape index (κ1) is 13.0. The highest BCUT2D eigenvalue weighted by atomic mass is 32.1. The van der Waals surface area contributed by atoms with Gasteiger partial charge in [-0.1, -0.05) is 20.8 Å². The number of hydrogen-bond donors (Lipinski definition) is 2. The summed E-state index contributed by atoms with van der Waals surface area (Å²) in [5.41, 5.74) is 0. The largest absolute Gasteiger partial charge is 0.304 e. The lowest BCUT2D eigenvalue weighted by Gasteiger charge is -2.30. The third-order valence-electron chi connectivity index (χ3n) is 1.88. The summed E-state index contributed by atoms with van der Waals surface area (Å²) in [7, 11) is 0. The monoisotopic (exact) mass is 203 g/mol. The van der Waals surface area contributed by atoms with E-state index in [4.69, 9.17) is 0 Å². The summed E-state index contributed by atoms with van der Waals surface area (Å²) in [5.74, 6) is 0.230. The summed E-state index contributed by atoms with van der Waals surface area (Å²) in [6.07, 6.45) is 0.564. The highest BCUT2D eigenvalue weighted by molar-refractivity contribution is 7.81. The van der Waals surface area contributed by atoms with Gasteiger partial charge in [0.25, 0.3) is 0 Å². The fourth-order valence-electron chi connectivity index (χ4n) is 1.23.